The Morgan fingerprint density at radius 1 is 0.462 bits per heavy atom. The summed E-state index contributed by atoms with van der Waals surface area (Å²) in [5.74, 6) is 0. The predicted molar refractivity (Wildman–Crippen MR) is 57.5 cm³/mol. The molecule has 0 atom stereocenters. The Morgan fingerprint density at radius 3 is 0.923 bits per heavy atom. The monoisotopic (exact) mass is 228 g/mol. The van der Waals surface area contributed by atoms with E-state index in [0.717, 1.165) is 0 Å². The second kappa shape index (κ2) is 15.0. The summed E-state index contributed by atoms with van der Waals surface area (Å²) in [5, 5.41) is 0. The molecule has 84 valence electrons. The van der Waals surface area contributed by atoms with E-state index in [1.807, 2.05) is 0 Å². The Kier molecular flexibility index (Phi) is 18.4. The number of rotatable bonds is 9. The molecule has 0 aliphatic rings. The first-order chi connectivity index (χ1) is 5.91. The molecule has 13 heavy (non-hydrogen) atoms. The summed E-state index contributed by atoms with van der Waals surface area (Å²) in [7, 11) is 0. The molecule has 0 aromatic carbocycles. The molecule has 0 aliphatic carbocycles. The van der Waals surface area contributed by atoms with Crippen LogP contribution in [-0.2, 0) is 16.5 Å². The van der Waals surface area contributed by atoms with E-state index in [4.69, 9.17) is 0 Å². The molecule has 0 heterocycles. The van der Waals surface area contributed by atoms with E-state index in [-0.39, 0.29) is 16.5 Å². The van der Waals surface area contributed by atoms with E-state index in [2.05, 4.69) is 13.8 Å². The van der Waals surface area contributed by atoms with Crippen LogP contribution in [-0.4, -0.2) is 0 Å². The van der Waals surface area contributed by atoms with Gasteiger partial charge in [0.2, 0.25) is 0 Å². The third-order valence-corrected chi connectivity index (χ3v) is 2.46. The minimum Gasteiger partial charge on any atom is -0.0654 e. The number of hydrogen-bond donors (Lipinski definition) is 0. The van der Waals surface area contributed by atoms with Crippen LogP contribution in [0.15, 0.2) is 0 Å². The largest absolute Gasteiger partial charge is 0.0654 e. The zero-order chi connectivity index (χ0) is 9.07. The molecular formula is C12H26Ni. The van der Waals surface area contributed by atoms with Crippen molar-refractivity contribution in [2.75, 3.05) is 0 Å². The summed E-state index contributed by atoms with van der Waals surface area (Å²) in [5.41, 5.74) is 0. The molecule has 0 rings (SSSR count). The molecule has 0 radical (unpaired) electrons. The molecule has 0 fully saturated rings. The van der Waals surface area contributed by atoms with Gasteiger partial charge in [0.15, 0.2) is 0 Å². The summed E-state index contributed by atoms with van der Waals surface area (Å²) in [6, 6.07) is 0. The normalized spacial score (nSPS) is 9.69. The first kappa shape index (κ1) is 15.9. The van der Waals surface area contributed by atoms with Crippen molar-refractivity contribution < 1.29 is 16.5 Å². The molecular weight excluding hydrogens is 203 g/mol. The van der Waals surface area contributed by atoms with Crippen LogP contribution in [0, 0.1) is 0 Å². The topological polar surface area (TPSA) is 0 Å². The van der Waals surface area contributed by atoms with Gasteiger partial charge in [-0.1, -0.05) is 78.1 Å². The van der Waals surface area contributed by atoms with E-state index < -0.39 is 0 Å². The molecule has 0 saturated heterocycles. The second-order valence-electron chi connectivity index (χ2n) is 3.83. The van der Waals surface area contributed by atoms with E-state index in [0.29, 0.717) is 0 Å². The van der Waals surface area contributed by atoms with E-state index in [1.54, 1.807) is 0 Å². The summed E-state index contributed by atoms with van der Waals surface area (Å²) < 4.78 is 0. The predicted octanol–water partition coefficient (Wildman–Crippen LogP) is 4.92. The molecule has 0 amide bonds. The average molecular weight is 229 g/mol. The SMILES string of the molecule is CCCCCCCCCCCC.[Ni]. The van der Waals surface area contributed by atoms with Crippen molar-refractivity contribution in [3.05, 3.63) is 0 Å². The average Bonchev–Trinajstić information content (AvgIpc) is 2.10. The van der Waals surface area contributed by atoms with E-state index >= 15 is 0 Å². The van der Waals surface area contributed by atoms with Crippen molar-refractivity contribution in [1.29, 1.82) is 0 Å². The van der Waals surface area contributed by atoms with Crippen molar-refractivity contribution in [2.24, 2.45) is 0 Å². The first-order valence-electron chi connectivity index (χ1n) is 5.91. The molecule has 0 aromatic rings. The molecule has 0 unspecified atom stereocenters. The fourth-order valence-electron chi connectivity index (χ4n) is 1.56. The van der Waals surface area contributed by atoms with Gasteiger partial charge >= 0.3 is 0 Å². The van der Waals surface area contributed by atoms with E-state index in [1.165, 1.54) is 64.2 Å². The quantitative estimate of drug-likeness (QED) is 0.388. The van der Waals surface area contributed by atoms with Crippen LogP contribution in [0.5, 0.6) is 0 Å². The number of unbranched alkanes of at least 4 members (excludes halogenated alkanes) is 9. The minimum absolute atomic E-state index is 0. The number of hydrogen-bond acceptors (Lipinski definition) is 0. The van der Waals surface area contributed by atoms with Crippen molar-refractivity contribution in [3.8, 4) is 0 Å². The summed E-state index contributed by atoms with van der Waals surface area (Å²) in [4.78, 5) is 0. The van der Waals surface area contributed by atoms with Gasteiger partial charge in [-0.2, -0.15) is 0 Å². The molecule has 0 N–H and O–H groups in total. The fourth-order valence-corrected chi connectivity index (χ4v) is 1.56. The van der Waals surface area contributed by atoms with Gasteiger partial charge in [0.25, 0.3) is 0 Å². The van der Waals surface area contributed by atoms with Gasteiger partial charge in [0.1, 0.15) is 0 Å². The molecule has 0 aromatic heterocycles. The maximum Gasteiger partial charge on any atom is 0 e. The van der Waals surface area contributed by atoms with Gasteiger partial charge in [-0.05, 0) is 0 Å². The zero-order valence-corrected chi connectivity index (χ0v) is 10.4. The Hall–Kier alpha value is 0.494. The van der Waals surface area contributed by atoms with Gasteiger partial charge in [-0.3, -0.25) is 0 Å². The third-order valence-electron chi connectivity index (χ3n) is 2.46. The molecule has 1 heteroatoms. The maximum atomic E-state index is 2.28. The Bertz CT molecular complexity index is 61.5. The first-order valence-corrected chi connectivity index (χ1v) is 5.91. The summed E-state index contributed by atoms with van der Waals surface area (Å²) >= 11 is 0. The minimum atomic E-state index is 0. The molecule has 0 aliphatic heterocycles. The van der Waals surface area contributed by atoms with Crippen LogP contribution in [0.25, 0.3) is 0 Å². The van der Waals surface area contributed by atoms with Crippen LogP contribution in [0.2, 0.25) is 0 Å². The standard InChI is InChI=1S/C12H26.Ni/c1-3-5-7-9-11-12-10-8-6-4-2;/h3-12H2,1-2H3;. The van der Waals surface area contributed by atoms with Crippen molar-refractivity contribution in [1.82, 2.24) is 0 Å². The molecule has 0 saturated carbocycles. The molecule has 0 spiro atoms. The molecule has 0 bridgehead atoms. The van der Waals surface area contributed by atoms with Gasteiger partial charge in [-0.15, -0.1) is 0 Å². The van der Waals surface area contributed by atoms with Gasteiger partial charge in [0.05, 0.1) is 0 Å². The van der Waals surface area contributed by atoms with Crippen LogP contribution in [0.1, 0.15) is 78.1 Å². The van der Waals surface area contributed by atoms with Crippen molar-refractivity contribution >= 4 is 0 Å². The fraction of sp³-hybridized carbons (Fsp3) is 1.00. The van der Waals surface area contributed by atoms with Gasteiger partial charge in [-0.25, -0.2) is 0 Å². The van der Waals surface area contributed by atoms with Crippen molar-refractivity contribution in [3.63, 3.8) is 0 Å². The van der Waals surface area contributed by atoms with Crippen LogP contribution >= 0.6 is 0 Å². The van der Waals surface area contributed by atoms with Crippen LogP contribution in [0.4, 0.5) is 0 Å². The maximum absolute atomic E-state index is 2.28. The summed E-state index contributed by atoms with van der Waals surface area (Å²) in [6.07, 6.45) is 14.4. The van der Waals surface area contributed by atoms with Gasteiger partial charge in [0, 0.05) is 16.5 Å². The Morgan fingerprint density at radius 2 is 0.692 bits per heavy atom. The van der Waals surface area contributed by atoms with Gasteiger partial charge < -0.3 is 0 Å². The smallest absolute Gasteiger partial charge is 0 e. The van der Waals surface area contributed by atoms with Crippen molar-refractivity contribution in [2.45, 2.75) is 78.1 Å². The van der Waals surface area contributed by atoms with E-state index in [9.17, 15) is 0 Å². The summed E-state index contributed by atoms with van der Waals surface area (Å²) in [6.45, 7) is 4.56. The second-order valence-corrected chi connectivity index (χ2v) is 3.83. The third kappa shape index (κ3) is 15.3. The zero-order valence-electron chi connectivity index (χ0n) is 9.39. The molecule has 0 nitrogen and oxygen atoms in total. The van der Waals surface area contributed by atoms with Crippen LogP contribution in [0.3, 0.4) is 0 Å². The Labute approximate surface area is 94.8 Å². The Balaban J connectivity index is 0. The van der Waals surface area contributed by atoms with Crippen LogP contribution < -0.4 is 0 Å².